The second-order valence-corrected chi connectivity index (χ2v) is 7.41. The van der Waals surface area contributed by atoms with Crippen LogP contribution in [0.3, 0.4) is 0 Å². The molecule has 3 amide bonds. The van der Waals surface area contributed by atoms with E-state index < -0.39 is 30.1 Å². The molecular weight excluding hydrogens is 396 g/mol. The number of ether oxygens (including phenoxy) is 1. The van der Waals surface area contributed by atoms with Crippen LogP contribution >= 0.6 is 0 Å². The number of anilines is 1. The third-order valence-corrected chi connectivity index (χ3v) is 4.93. The first-order valence-electron chi connectivity index (χ1n) is 10.4. The van der Waals surface area contributed by atoms with E-state index in [9.17, 15) is 14.4 Å². The van der Waals surface area contributed by atoms with E-state index in [1.54, 1.807) is 12.1 Å². The van der Waals surface area contributed by atoms with Crippen molar-refractivity contribution in [3.05, 3.63) is 65.7 Å². The van der Waals surface area contributed by atoms with Crippen LogP contribution in [0.15, 0.2) is 54.6 Å². The number of nitrogens with two attached hydrogens (primary N) is 1. The quantitative estimate of drug-likeness (QED) is 0.425. The van der Waals surface area contributed by atoms with Gasteiger partial charge in [-0.15, -0.1) is 0 Å². The number of carbonyl (C=O) groups excluding carboxylic acids is 3. The average Bonchev–Trinajstić information content (AvgIpc) is 3.59. The smallest absolute Gasteiger partial charge is 0.256 e. The molecule has 164 valence electrons. The van der Waals surface area contributed by atoms with Gasteiger partial charge in [0.05, 0.1) is 0 Å². The Hall–Kier alpha value is -3.23. The van der Waals surface area contributed by atoms with Crippen molar-refractivity contribution in [2.24, 2.45) is 5.73 Å². The molecule has 1 aliphatic heterocycles. The van der Waals surface area contributed by atoms with E-state index in [0.717, 1.165) is 17.5 Å². The predicted molar refractivity (Wildman–Crippen MR) is 117 cm³/mol. The van der Waals surface area contributed by atoms with E-state index >= 15 is 0 Å². The first-order valence-corrected chi connectivity index (χ1v) is 10.4. The summed E-state index contributed by atoms with van der Waals surface area (Å²) in [7, 11) is 0. The van der Waals surface area contributed by atoms with Crippen molar-refractivity contribution in [1.82, 2.24) is 10.6 Å². The summed E-state index contributed by atoms with van der Waals surface area (Å²) in [5.74, 6) is -1.15. The Morgan fingerprint density at radius 3 is 2.29 bits per heavy atom. The molecule has 0 saturated carbocycles. The van der Waals surface area contributed by atoms with Crippen molar-refractivity contribution in [3.8, 4) is 0 Å². The molecule has 1 heterocycles. The molecule has 0 bridgehead atoms. The fourth-order valence-corrected chi connectivity index (χ4v) is 3.13. The number of nitrogens with one attached hydrogen (secondary N) is 3. The molecular formula is C23H28N4O4. The lowest BCUT2D eigenvalue weighted by molar-refractivity contribution is -0.129. The highest BCUT2D eigenvalue weighted by atomic mass is 16.6. The zero-order valence-corrected chi connectivity index (χ0v) is 17.5. The first-order chi connectivity index (χ1) is 15.0. The van der Waals surface area contributed by atoms with Crippen LogP contribution in [0.4, 0.5) is 5.69 Å². The van der Waals surface area contributed by atoms with Crippen molar-refractivity contribution in [3.63, 3.8) is 0 Å². The largest absolute Gasteiger partial charge is 0.354 e. The molecule has 3 rings (SSSR count). The summed E-state index contributed by atoms with van der Waals surface area (Å²) in [5.41, 5.74) is 8.03. The van der Waals surface area contributed by atoms with E-state index in [2.05, 4.69) is 16.0 Å². The van der Waals surface area contributed by atoms with Crippen molar-refractivity contribution < 1.29 is 19.1 Å². The first kappa shape index (κ1) is 22.5. The monoisotopic (exact) mass is 424 g/mol. The summed E-state index contributed by atoms with van der Waals surface area (Å²) in [6.45, 7) is 2.89. The third kappa shape index (κ3) is 6.37. The molecule has 1 saturated heterocycles. The lowest BCUT2D eigenvalue weighted by Crippen LogP contribution is -2.49. The van der Waals surface area contributed by atoms with Gasteiger partial charge in [0.2, 0.25) is 5.91 Å². The minimum Gasteiger partial charge on any atom is -0.354 e. The van der Waals surface area contributed by atoms with Crippen molar-refractivity contribution in [1.29, 1.82) is 0 Å². The van der Waals surface area contributed by atoms with Gasteiger partial charge in [-0.1, -0.05) is 49.4 Å². The van der Waals surface area contributed by atoms with Gasteiger partial charge in [-0.05, 0) is 29.7 Å². The summed E-state index contributed by atoms with van der Waals surface area (Å²) >= 11 is 0. The second-order valence-electron chi connectivity index (χ2n) is 7.41. The lowest BCUT2D eigenvalue weighted by Gasteiger charge is -2.18. The Bertz CT molecular complexity index is 902. The molecule has 5 N–H and O–H groups in total. The zero-order chi connectivity index (χ0) is 22.2. The third-order valence-electron chi connectivity index (χ3n) is 4.93. The van der Waals surface area contributed by atoms with Gasteiger partial charge in [0.1, 0.15) is 6.04 Å². The number of amides is 3. The predicted octanol–water partition coefficient (Wildman–Crippen LogP) is 1.10. The van der Waals surface area contributed by atoms with E-state index in [1.165, 1.54) is 0 Å². The molecule has 1 aliphatic rings. The van der Waals surface area contributed by atoms with E-state index in [-0.39, 0.29) is 5.91 Å². The van der Waals surface area contributed by atoms with Gasteiger partial charge in [0.15, 0.2) is 12.2 Å². The number of epoxide rings is 1. The summed E-state index contributed by atoms with van der Waals surface area (Å²) in [5, 5.41) is 8.26. The SMILES string of the molecule is CCCNC(=O)[C@H](Cc1ccccc1)NC(=O)[C@H]1O[C@@H]1C(=O)Nc1ccc(CN)cc1. The lowest BCUT2D eigenvalue weighted by atomic mass is 10.0. The highest BCUT2D eigenvalue weighted by Gasteiger charge is 2.51. The molecule has 0 radical (unpaired) electrons. The molecule has 0 spiro atoms. The van der Waals surface area contributed by atoms with Gasteiger partial charge in [-0.2, -0.15) is 0 Å². The topological polar surface area (TPSA) is 126 Å². The molecule has 2 aromatic carbocycles. The molecule has 2 aromatic rings. The average molecular weight is 425 g/mol. The van der Waals surface area contributed by atoms with Crippen molar-refractivity contribution in [2.75, 3.05) is 11.9 Å². The molecule has 8 heteroatoms. The van der Waals surface area contributed by atoms with Crippen LogP contribution in [-0.4, -0.2) is 42.5 Å². The van der Waals surface area contributed by atoms with Gasteiger partial charge in [-0.25, -0.2) is 0 Å². The summed E-state index contributed by atoms with van der Waals surface area (Å²) in [6.07, 6.45) is -0.664. The highest BCUT2D eigenvalue weighted by Crippen LogP contribution is 2.24. The Morgan fingerprint density at radius 2 is 1.65 bits per heavy atom. The van der Waals surface area contributed by atoms with Gasteiger partial charge < -0.3 is 26.4 Å². The Labute approximate surface area is 181 Å². The van der Waals surface area contributed by atoms with E-state index in [1.807, 2.05) is 49.4 Å². The highest BCUT2D eigenvalue weighted by molar-refractivity contribution is 6.02. The second kappa shape index (κ2) is 10.7. The molecule has 0 unspecified atom stereocenters. The molecule has 8 nitrogen and oxygen atoms in total. The van der Waals surface area contributed by atoms with Gasteiger partial charge in [-0.3, -0.25) is 14.4 Å². The maximum atomic E-state index is 12.6. The number of benzene rings is 2. The number of rotatable bonds is 10. The van der Waals surface area contributed by atoms with Gasteiger partial charge in [0.25, 0.3) is 11.8 Å². The van der Waals surface area contributed by atoms with Crippen molar-refractivity contribution in [2.45, 2.75) is 44.6 Å². The maximum absolute atomic E-state index is 12.6. The molecule has 0 aliphatic carbocycles. The van der Waals surface area contributed by atoms with Crippen molar-refractivity contribution >= 4 is 23.4 Å². The van der Waals surface area contributed by atoms with Gasteiger partial charge >= 0.3 is 0 Å². The molecule has 0 aromatic heterocycles. The zero-order valence-electron chi connectivity index (χ0n) is 17.5. The Balaban J connectivity index is 1.57. The van der Waals surface area contributed by atoms with E-state index in [0.29, 0.717) is 25.2 Å². The van der Waals surface area contributed by atoms with Crippen LogP contribution in [-0.2, 0) is 32.1 Å². The minimum absolute atomic E-state index is 0.263. The van der Waals surface area contributed by atoms with Crippen LogP contribution in [0, 0.1) is 0 Å². The molecule has 1 fully saturated rings. The standard InChI is InChI=1S/C23H28N4O4/c1-2-12-25-21(28)18(13-15-6-4-3-5-7-15)27-23(30)20-19(31-20)22(29)26-17-10-8-16(14-24)9-11-17/h3-11,18-20H,2,12-14,24H2,1H3,(H,25,28)(H,26,29)(H,27,30)/t18-,19-,20-/m0/s1. The number of carbonyl (C=O) groups is 3. The van der Waals surface area contributed by atoms with Crippen LogP contribution in [0.5, 0.6) is 0 Å². The van der Waals surface area contributed by atoms with Crippen LogP contribution in [0.2, 0.25) is 0 Å². The van der Waals surface area contributed by atoms with Crippen LogP contribution in [0.1, 0.15) is 24.5 Å². The minimum atomic E-state index is -0.916. The summed E-state index contributed by atoms with van der Waals surface area (Å²) in [4.78, 5) is 37.5. The van der Waals surface area contributed by atoms with Crippen LogP contribution < -0.4 is 21.7 Å². The summed E-state index contributed by atoms with van der Waals surface area (Å²) < 4.78 is 5.29. The van der Waals surface area contributed by atoms with E-state index in [4.69, 9.17) is 10.5 Å². The fraction of sp³-hybridized carbons (Fsp3) is 0.348. The number of hydrogen-bond acceptors (Lipinski definition) is 5. The van der Waals surface area contributed by atoms with Crippen LogP contribution in [0.25, 0.3) is 0 Å². The summed E-state index contributed by atoms with van der Waals surface area (Å²) in [6, 6.07) is 15.8. The molecule has 3 atom stereocenters. The number of hydrogen-bond donors (Lipinski definition) is 4. The molecule has 31 heavy (non-hydrogen) atoms. The maximum Gasteiger partial charge on any atom is 0.256 e. The normalized spacial score (nSPS) is 18.0. The van der Waals surface area contributed by atoms with Gasteiger partial charge in [0, 0.05) is 25.2 Å². The fourth-order valence-electron chi connectivity index (χ4n) is 3.13. The Morgan fingerprint density at radius 1 is 0.968 bits per heavy atom. The Kier molecular flexibility index (Phi) is 7.75.